The van der Waals surface area contributed by atoms with E-state index in [1.165, 1.54) is 4.90 Å². The second kappa shape index (κ2) is 4.27. The molecule has 4 rings (SSSR count). The number of nitrogens with zero attached hydrogens (tertiary/aromatic N) is 4. The smallest absolute Gasteiger partial charge is 0.407 e. The molecule has 0 unspecified atom stereocenters. The Labute approximate surface area is 125 Å². The molecule has 0 bridgehead atoms. The molecule has 6 nitrogen and oxygen atoms in total. The first-order chi connectivity index (χ1) is 10.4. The zero-order chi connectivity index (χ0) is 15.5. The highest BCUT2D eigenvalue weighted by molar-refractivity contribution is 5.66. The van der Waals surface area contributed by atoms with Crippen LogP contribution in [0.5, 0.6) is 0 Å². The number of aromatic nitrogens is 2. The average molecular weight is 310 g/mol. The molecule has 8 heteroatoms. The third kappa shape index (κ3) is 2.08. The highest BCUT2D eigenvalue weighted by atomic mass is 19.3. The Kier molecular flexibility index (Phi) is 2.65. The van der Waals surface area contributed by atoms with E-state index < -0.39 is 12.0 Å². The molecule has 1 aliphatic carbocycles. The van der Waals surface area contributed by atoms with E-state index in [9.17, 15) is 13.6 Å². The molecule has 2 saturated heterocycles. The van der Waals surface area contributed by atoms with Gasteiger partial charge in [-0.05, 0) is 0 Å². The van der Waals surface area contributed by atoms with E-state index in [2.05, 4.69) is 9.97 Å². The van der Waals surface area contributed by atoms with Gasteiger partial charge in [0.25, 0.3) is 0 Å². The topological polar surface area (TPSA) is 69.6 Å². The zero-order valence-corrected chi connectivity index (χ0v) is 11.9. The van der Waals surface area contributed by atoms with Gasteiger partial charge in [-0.3, -0.25) is 4.98 Å². The van der Waals surface area contributed by atoms with Crippen LogP contribution in [0.15, 0.2) is 12.4 Å². The maximum atomic E-state index is 13.0. The monoisotopic (exact) mass is 310 g/mol. The van der Waals surface area contributed by atoms with Crippen LogP contribution in [0.4, 0.5) is 19.4 Å². The van der Waals surface area contributed by atoms with Gasteiger partial charge in [0.1, 0.15) is 5.82 Å². The van der Waals surface area contributed by atoms with E-state index in [-0.39, 0.29) is 24.2 Å². The van der Waals surface area contributed by atoms with E-state index in [4.69, 9.17) is 5.11 Å². The summed E-state index contributed by atoms with van der Waals surface area (Å²) in [6, 6.07) is 0. The minimum absolute atomic E-state index is 0.0187. The van der Waals surface area contributed by atoms with E-state index in [0.717, 1.165) is 5.69 Å². The highest BCUT2D eigenvalue weighted by Crippen LogP contribution is 2.57. The normalized spacial score (nSPS) is 25.4. The maximum Gasteiger partial charge on any atom is 0.407 e. The molecule has 3 heterocycles. The van der Waals surface area contributed by atoms with Crippen molar-refractivity contribution >= 4 is 11.9 Å². The first-order valence-corrected chi connectivity index (χ1v) is 7.29. The number of hydrogen-bond donors (Lipinski definition) is 1. The van der Waals surface area contributed by atoms with Crippen molar-refractivity contribution in [3.63, 3.8) is 0 Å². The molecular formula is C14H16F2N4O2. The molecule has 1 spiro atoms. The maximum absolute atomic E-state index is 13.0. The third-order valence-corrected chi connectivity index (χ3v) is 4.87. The number of hydrogen-bond acceptors (Lipinski definition) is 4. The van der Waals surface area contributed by atoms with Crippen LogP contribution in [0.1, 0.15) is 24.5 Å². The van der Waals surface area contributed by atoms with Gasteiger partial charge in [-0.1, -0.05) is 0 Å². The molecule has 118 valence electrons. The van der Waals surface area contributed by atoms with Gasteiger partial charge >= 0.3 is 6.09 Å². The van der Waals surface area contributed by atoms with Crippen molar-refractivity contribution in [3.8, 4) is 0 Å². The number of rotatable bonds is 2. The quantitative estimate of drug-likeness (QED) is 0.902. The van der Waals surface area contributed by atoms with Crippen LogP contribution in [0.2, 0.25) is 0 Å². The predicted octanol–water partition coefficient (Wildman–Crippen LogP) is 1.79. The lowest BCUT2D eigenvalue weighted by atomic mass is 9.61. The molecule has 1 aromatic rings. The number of halogens is 2. The molecule has 3 aliphatic rings. The summed E-state index contributed by atoms with van der Waals surface area (Å²) in [5.41, 5.74) is 0.562. The van der Waals surface area contributed by atoms with Crippen molar-refractivity contribution in [3.05, 3.63) is 18.1 Å². The Morgan fingerprint density at radius 1 is 1.23 bits per heavy atom. The minimum Gasteiger partial charge on any atom is -0.465 e. The van der Waals surface area contributed by atoms with Gasteiger partial charge < -0.3 is 14.9 Å². The fraction of sp³-hybridized carbons (Fsp3) is 0.643. The fourth-order valence-electron chi connectivity index (χ4n) is 3.72. The number of carboxylic acid groups (broad SMARTS) is 1. The van der Waals surface area contributed by atoms with E-state index in [0.29, 0.717) is 32.0 Å². The van der Waals surface area contributed by atoms with Crippen LogP contribution in [-0.4, -0.2) is 58.2 Å². The van der Waals surface area contributed by atoms with Crippen molar-refractivity contribution in [2.45, 2.75) is 24.7 Å². The van der Waals surface area contributed by atoms with Crippen molar-refractivity contribution in [1.82, 2.24) is 14.9 Å². The highest BCUT2D eigenvalue weighted by Gasteiger charge is 2.61. The summed E-state index contributed by atoms with van der Waals surface area (Å²) in [6.07, 6.45) is 2.37. The van der Waals surface area contributed by atoms with Crippen LogP contribution in [0, 0.1) is 5.41 Å². The standard InChI is InChI=1S/C14H16F2N4O2/c15-14(16)5-13(6-14)7-20(8-13)11-2-17-10(1-18-11)9-3-19(4-9)12(21)22/h1-2,9H,3-8H2,(H,21,22). The number of amides is 1. The molecular weight excluding hydrogens is 294 g/mol. The lowest BCUT2D eigenvalue weighted by molar-refractivity contribution is -0.170. The van der Waals surface area contributed by atoms with Gasteiger partial charge in [-0.25, -0.2) is 18.6 Å². The van der Waals surface area contributed by atoms with Crippen LogP contribution in [0.25, 0.3) is 0 Å². The van der Waals surface area contributed by atoms with Gasteiger partial charge in [0.2, 0.25) is 5.92 Å². The van der Waals surface area contributed by atoms with Crippen LogP contribution in [0.3, 0.4) is 0 Å². The second-order valence-electron chi connectivity index (χ2n) is 6.75. The van der Waals surface area contributed by atoms with Crippen LogP contribution < -0.4 is 4.90 Å². The summed E-state index contributed by atoms with van der Waals surface area (Å²) >= 11 is 0. The zero-order valence-electron chi connectivity index (χ0n) is 11.9. The number of anilines is 1. The summed E-state index contributed by atoms with van der Waals surface area (Å²) in [6.45, 7) is 2.14. The summed E-state index contributed by atoms with van der Waals surface area (Å²) < 4.78 is 25.9. The first-order valence-electron chi connectivity index (χ1n) is 7.29. The lowest BCUT2D eigenvalue weighted by Crippen LogP contribution is -2.66. The Hall–Kier alpha value is -1.99. The number of carbonyl (C=O) groups is 1. The van der Waals surface area contributed by atoms with Crippen molar-refractivity contribution in [1.29, 1.82) is 0 Å². The van der Waals surface area contributed by atoms with Crippen molar-refractivity contribution in [2.24, 2.45) is 5.41 Å². The van der Waals surface area contributed by atoms with E-state index in [1.807, 2.05) is 4.90 Å². The Morgan fingerprint density at radius 2 is 1.91 bits per heavy atom. The molecule has 3 fully saturated rings. The third-order valence-electron chi connectivity index (χ3n) is 4.87. The molecule has 1 N–H and O–H groups in total. The van der Waals surface area contributed by atoms with Gasteiger partial charge in [0.05, 0.1) is 18.1 Å². The molecule has 2 aliphatic heterocycles. The molecule has 1 aromatic heterocycles. The largest absolute Gasteiger partial charge is 0.465 e. The van der Waals surface area contributed by atoms with Crippen LogP contribution >= 0.6 is 0 Å². The second-order valence-corrected chi connectivity index (χ2v) is 6.75. The lowest BCUT2D eigenvalue weighted by Gasteiger charge is -2.58. The predicted molar refractivity (Wildman–Crippen MR) is 73.2 cm³/mol. The first kappa shape index (κ1) is 13.7. The summed E-state index contributed by atoms with van der Waals surface area (Å²) in [4.78, 5) is 22.7. The van der Waals surface area contributed by atoms with E-state index >= 15 is 0 Å². The molecule has 1 saturated carbocycles. The van der Waals surface area contributed by atoms with Gasteiger partial charge in [-0.2, -0.15) is 0 Å². The Morgan fingerprint density at radius 3 is 2.41 bits per heavy atom. The number of likely N-dealkylation sites (tertiary alicyclic amines) is 1. The van der Waals surface area contributed by atoms with Gasteiger partial charge in [0, 0.05) is 50.4 Å². The molecule has 0 atom stereocenters. The Balaban J connectivity index is 1.33. The minimum atomic E-state index is -2.48. The SMILES string of the molecule is O=C(O)N1CC(c2cnc(N3CC4(C3)CC(F)(F)C4)cn2)C1. The molecule has 0 aromatic carbocycles. The van der Waals surface area contributed by atoms with Crippen molar-refractivity contribution < 1.29 is 18.7 Å². The summed E-state index contributed by atoms with van der Waals surface area (Å²) in [5, 5.41) is 8.80. The Bertz CT molecular complexity index is 600. The fourth-order valence-corrected chi connectivity index (χ4v) is 3.72. The average Bonchev–Trinajstić information content (AvgIpc) is 2.31. The number of alkyl halides is 2. The van der Waals surface area contributed by atoms with E-state index in [1.54, 1.807) is 12.4 Å². The summed E-state index contributed by atoms with van der Waals surface area (Å²) in [7, 11) is 0. The van der Waals surface area contributed by atoms with Crippen LogP contribution in [-0.2, 0) is 0 Å². The van der Waals surface area contributed by atoms with Gasteiger partial charge in [-0.15, -0.1) is 0 Å². The molecule has 0 radical (unpaired) electrons. The molecule has 22 heavy (non-hydrogen) atoms. The van der Waals surface area contributed by atoms with Gasteiger partial charge in [0.15, 0.2) is 0 Å². The van der Waals surface area contributed by atoms with Crippen molar-refractivity contribution in [2.75, 3.05) is 31.1 Å². The molecule has 1 amide bonds. The summed E-state index contributed by atoms with van der Waals surface area (Å²) in [5.74, 6) is -1.67.